The molecule has 0 radical (unpaired) electrons. The van der Waals surface area contributed by atoms with Gasteiger partial charge < -0.3 is 9.73 Å². The van der Waals surface area contributed by atoms with Crippen molar-refractivity contribution in [3.63, 3.8) is 0 Å². The maximum Gasteiger partial charge on any atom is 0.277 e. The zero-order valence-electron chi connectivity index (χ0n) is 11.1. The molecule has 0 atom stereocenters. The van der Waals surface area contributed by atoms with Gasteiger partial charge in [0.2, 0.25) is 5.09 Å². The molecule has 0 bridgehead atoms. The Balaban J connectivity index is 2.93. The van der Waals surface area contributed by atoms with E-state index in [2.05, 4.69) is 18.5 Å². The molecule has 0 aliphatic rings. The third-order valence-corrected chi connectivity index (χ3v) is 4.15. The molecular formula is C13H20N2O3S. The summed E-state index contributed by atoms with van der Waals surface area (Å²) < 4.78 is 31.2. The van der Waals surface area contributed by atoms with Gasteiger partial charge in [-0.25, -0.2) is 8.42 Å². The maximum atomic E-state index is 12.3. The van der Waals surface area contributed by atoms with Gasteiger partial charge in [-0.05, 0) is 18.7 Å². The van der Waals surface area contributed by atoms with Gasteiger partial charge in [0.25, 0.3) is 10.0 Å². The van der Waals surface area contributed by atoms with Crippen molar-refractivity contribution in [2.75, 3.05) is 19.6 Å². The summed E-state index contributed by atoms with van der Waals surface area (Å²) in [5, 5.41) is 3.02. The van der Waals surface area contributed by atoms with Gasteiger partial charge in [-0.15, -0.1) is 13.2 Å². The van der Waals surface area contributed by atoms with Gasteiger partial charge >= 0.3 is 0 Å². The lowest BCUT2D eigenvalue weighted by molar-refractivity contribution is 0.382. The molecule has 1 rings (SSSR count). The van der Waals surface area contributed by atoms with E-state index in [0.29, 0.717) is 12.3 Å². The van der Waals surface area contributed by atoms with E-state index in [9.17, 15) is 8.42 Å². The van der Waals surface area contributed by atoms with Gasteiger partial charge in [-0.3, -0.25) is 0 Å². The van der Waals surface area contributed by atoms with Gasteiger partial charge in [0.1, 0.15) is 5.76 Å². The minimum Gasteiger partial charge on any atom is -0.447 e. The molecule has 1 N–H and O–H groups in total. The summed E-state index contributed by atoms with van der Waals surface area (Å²) in [5.41, 5.74) is 0. The Morgan fingerprint density at radius 3 is 2.47 bits per heavy atom. The predicted molar refractivity (Wildman–Crippen MR) is 75.2 cm³/mol. The van der Waals surface area contributed by atoms with Crippen molar-refractivity contribution in [3.05, 3.63) is 43.2 Å². The van der Waals surface area contributed by atoms with Crippen molar-refractivity contribution in [3.8, 4) is 0 Å². The fraction of sp³-hybridized carbons (Fsp3) is 0.385. The van der Waals surface area contributed by atoms with E-state index < -0.39 is 10.0 Å². The van der Waals surface area contributed by atoms with Crippen LogP contribution < -0.4 is 5.32 Å². The Hall–Kier alpha value is -1.37. The first kappa shape index (κ1) is 15.7. The summed E-state index contributed by atoms with van der Waals surface area (Å²) in [7, 11) is -3.63. The Bertz CT molecular complexity index is 510. The van der Waals surface area contributed by atoms with Crippen LogP contribution in [0.2, 0.25) is 0 Å². The Kier molecular flexibility index (Phi) is 6.01. The quantitative estimate of drug-likeness (QED) is 0.702. The molecule has 1 aromatic rings. The first-order valence-electron chi connectivity index (χ1n) is 6.07. The second kappa shape index (κ2) is 7.28. The third-order valence-electron chi connectivity index (χ3n) is 2.45. The van der Waals surface area contributed by atoms with Gasteiger partial charge in [-0.2, -0.15) is 4.31 Å². The molecule has 0 saturated heterocycles. The molecule has 0 aliphatic heterocycles. The van der Waals surface area contributed by atoms with Gasteiger partial charge in [0.05, 0.1) is 6.54 Å². The highest BCUT2D eigenvalue weighted by molar-refractivity contribution is 7.89. The van der Waals surface area contributed by atoms with Crippen molar-refractivity contribution in [1.82, 2.24) is 9.62 Å². The first-order chi connectivity index (χ1) is 9.06. The molecular weight excluding hydrogens is 264 g/mol. The van der Waals surface area contributed by atoms with Crippen LogP contribution in [0.15, 0.2) is 47.0 Å². The molecule has 0 fully saturated rings. The highest BCUT2D eigenvalue weighted by Crippen LogP contribution is 2.18. The van der Waals surface area contributed by atoms with Crippen LogP contribution in [0.5, 0.6) is 0 Å². The predicted octanol–water partition coefficient (Wildman–Crippen LogP) is 1.75. The summed E-state index contributed by atoms with van der Waals surface area (Å²) in [6.45, 7) is 10.8. The largest absolute Gasteiger partial charge is 0.447 e. The number of rotatable bonds is 9. The summed E-state index contributed by atoms with van der Waals surface area (Å²) in [4.78, 5) is 0. The fourth-order valence-corrected chi connectivity index (χ4v) is 2.84. The smallest absolute Gasteiger partial charge is 0.277 e. The SMILES string of the molecule is C=CCN(CC=C)S(=O)(=O)c1ccc(CNCC)o1. The Labute approximate surface area is 114 Å². The van der Waals surface area contributed by atoms with Crippen LogP contribution in [0.25, 0.3) is 0 Å². The molecule has 19 heavy (non-hydrogen) atoms. The molecule has 0 unspecified atom stereocenters. The van der Waals surface area contributed by atoms with Gasteiger partial charge in [-0.1, -0.05) is 19.1 Å². The first-order valence-corrected chi connectivity index (χ1v) is 7.51. The molecule has 0 spiro atoms. The highest BCUT2D eigenvalue weighted by Gasteiger charge is 2.25. The van der Waals surface area contributed by atoms with Crippen LogP contribution in [0.4, 0.5) is 0 Å². The molecule has 5 nitrogen and oxygen atoms in total. The minimum atomic E-state index is -3.63. The molecule has 1 aromatic heterocycles. The number of hydrogen-bond acceptors (Lipinski definition) is 4. The van der Waals surface area contributed by atoms with Crippen LogP contribution in [0.1, 0.15) is 12.7 Å². The number of hydrogen-bond donors (Lipinski definition) is 1. The van der Waals surface area contributed by atoms with E-state index in [1.165, 1.54) is 22.5 Å². The fourth-order valence-electron chi connectivity index (χ4n) is 1.53. The lowest BCUT2D eigenvalue weighted by Gasteiger charge is -2.16. The van der Waals surface area contributed by atoms with Crippen molar-refractivity contribution in [2.24, 2.45) is 0 Å². The van der Waals surface area contributed by atoms with E-state index in [-0.39, 0.29) is 18.2 Å². The van der Waals surface area contributed by atoms with Crippen LogP contribution >= 0.6 is 0 Å². The van der Waals surface area contributed by atoms with Crippen molar-refractivity contribution >= 4 is 10.0 Å². The summed E-state index contributed by atoms with van der Waals surface area (Å²) in [6, 6.07) is 3.14. The van der Waals surface area contributed by atoms with Crippen molar-refractivity contribution in [1.29, 1.82) is 0 Å². The number of furan rings is 1. The number of nitrogens with one attached hydrogen (secondary N) is 1. The van der Waals surface area contributed by atoms with E-state index in [4.69, 9.17) is 4.42 Å². The summed E-state index contributed by atoms with van der Waals surface area (Å²) in [6.07, 6.45) is 3.06. The minimum absolute atomic E-state index is 0.0518. The second-order valence-corrected chi connectivity index (χ2v) is 5.77. The highest BCUT2D eigenvalue weighted by atomic mass is 32.2. The number of nitrogens with zero attached hydrogens (tertiary/aromatic N) is 1. The third kappa shape index (κ3) is 4.05. The van der Waals surface area contributed by atoms with Crippen LogP contribution in [0.3, 0.4) is 0 Å². The Morgan fingerprint density at radius 2 is 1.95 bits per heavy atom. The molecule has 0 aliphatic carbocycles. The van der Waals surface area contributed by atoms with E-state index >= 15 is 0 Å². The molecule has 6 heteroatoms. The monoisotopic (exact) mass is 284 g/mol. The van der Waals surface area contributed by atoms with Gasteiger partial charge in [0, 0.05) is 13.1 Å². The second-order valence-electron chi connectivity index (χ2n) is 3.90. The summed E-state index contributed by atoms with van der Waals surface area (Å²) >= 11 is 0. The van der Waals surface area contributed by atoms with Crippen molar-refractivity contribution < 1.29 is 12.8 Å². The zero-order valence-corrected chi connectivity index (χ0v) is 11.9. The molecule has 0 amide bonds. The average molecular weight is 284 g/mol. The van der Waals surface area contributed by atoms with E-state index in [1.807, 2.05) is 6.92 Å². The average Bonchev–Trinajstić information content (AvgIpc) is 2.85. The topological polar surface area (TPSA) is 62.6 Å². The molecule has 106 valence electrons. The Morgan fingerprint density at radius 1 is 1.32 bits per heavy atom. The van der Waals surface area contributed by atoms with Crippen LogP contribution in [0, 0.1) is 0 Å². The maximum absolute atomic E-state index is 12.3. The molecule has 0 saturated carbocycles. The van der Waals surface area contributed by atoms with E-state index in [0.717, 1.165) is 6.54 Å². The standard InChI is InChI=1S/C13H20N2O3S/c1-4-9-15(10-5-2)19(16,17)13-8-7-12(18-13)11-14-6-3/h4-5,7-8,14H,1-2,6,9-11H2,3H3. The molecule has 0 aromatic carbocycles. The van der Waals surface area contributed by atoms with Crippen LogP contribution in [-0.4, -0.2) is 32.4 Å². The van der Waals surface area contributed by atoms with Gasteiger partial charge in [0.15, 0.2) is 0 Å². The lowest BCUT2D eigenvalue weighted by atomic mass is 10.4. The van der Waals surface area contributed by atoms with Crippen LogP contribution in [-0.2, 0) is 16.6 Å². The normalized spacial score (nSPS) is 11.7. The zero-order chi connectivity index (χ0) is 14.3. The van der Waals surface area contributed by atoms with Crippen molar-refractivity contribution in [2.45, 2.75) is 18.6 Å². The molecule has 1 heterocycles. The summed E-state index contributed by atoms with van der Waals surface area (Å²) in [5.74, 6) is 0.595. The lowest BCUT2D eigenvalue weighted by Crippen LogP contribution is -2.31. The number of sulfonamides is 1. The van der Waals surface area contributed by atoms with E-state index in [1.54, 1.807) is 6.07 Å².